The molecule has 2 N–H and O–H groups in total. The van der Waals surface area contributed by atoms with Crippen LogP contribution in [0.25, 0.3) is 22.5 Å². The molecule has 0 amide bonds. The smallest absolute Gasteiger partial charge is 0.280 e. The Morgan fingerprint density at radius 1 is 1.09 bits per heavy atom. The molecule has 5 aromatic rings. The SMILES string of the molecule is C[C@H]1COCCN1c1ccc(Nc2cc(-c3ccnc(-n4ccn5c6c(cc5c4=O)CC(C)(C)C6)c3CO)cn(C)c2=O)nc1. The van der Waals surface area contributed by atoms with E-state index < -0.39 is 0 Å². The van der Waals surface area contributed by atoms with Crippen LogP contribution in [-0.4, -0.2) is 54.4 Å². The van der Waals surface area contributed by atoms with Crippen molar-refractivity contribution in [2.24, 2.45) is 12.5 Å². The molecule has 0 spiro atoms. The third kappa shape index (κ3) is 5.11. The van der Waals surface area contributed by atoms with E-state index in [2.05, 4.69) is 41.0 Å². The van der Waals surface area contributed by atoms with Crippen molar-refractivity contribution in [3.63, 3.8) is 0 Å². The van der Waals surface area contributed by atoms with Gasteiger partial charge in [0.2, 0.25) is 0 Å². The average molecular weight is 608 g/mol. The number of aryl methyl sites for hydroxylation is 1. The molecule has 0 aromatic carbocycles. The molecular formula is C34H37N7O4. The fraction of sp³-hybridized carbons (Fsp3) is 0.353. The van der Waals surface area contributed by atoms with Gasteiger partial charge in [0.1, 0.15) is 22.8 Å². The van der Waals surface area contributed by atoms with Crippen LogP contribution in [0.2, 0.25) is 0 Å². The summed E-state index contributed by atoms with van der Waals surface area (Å²) in [4.78, 5) is 38.3. The largest absolute Gasteiger partial charge is 0.392 e. The zero-order valence-electron chi connectivity index (χ0n) is 25.9. The van der Waals surface area contributed by atoms with E-state index in [1.54, 1.807) is 44.0 Å². The number of nitrogens with one attached hydrogen (secondary N) is 1. The minimum absolute atomic E-state index is 0.172. The van der Waals surface area contributed by atoms with Crippen LogP contribution < -0.4 is 21.3 Å². The number of fused-ring (bicyclic) bond motifs is 3. The lowest BCUT2D eigenvalue weighted by Gasteiger charge is -2.35. The number of rotatable bonds is 6. The Morgan fingerprint density at radius 3 is 2.69 bits per heavy atom. The lowest BCUT2D eigenvalue weighted by atomic mass is 9.90. The van der Waals surface area contributed by atoms with E-state index >= 15 is 0 Å². The van der Waals surface area contributed by atoms with Gasteiger partial charge in [-0.3, -0.25) is 14.2 Å². The number of anilines is 3. The van der Waals surface area contributed by atoms with Gasteiger partial charge in [0, 0.05) is 61.2 Å². The molecule has 0 unspecified atom stereocenters. The minimum atomic E-state index is -0.351. The topological polar surface area (TPSA) is 119 Å². The minimum Gasteiger partial charge on any atom is -0.392 e. The summed E-state index contributed by atoms with van der Waals surface area (Å²) in [5.74, 6) is 0.885. The summed E-state index contributed by atoms with van der Waals surface area (Å²) in [5.41, 5.74) is 5.87. The Morgan fingerprint density at radius 2 is 1.93 bits per heavy atom. The van der Waals surface area contributed by atoms with E-state index in [1.807, 2.05) is 28.8 Å². The fourth-order valence-corrected chi connectivity index (χ4v) is 6.77. The molecular weight excluding hydrogens is 570 g/mol. The molecule has 2 aliphatic rings. The van der Waals surface area contributed by atoms with Crippen LogP contribution >= 0.6 is 0 Å². The van der Waals surface area contributed by atoms with Gasteiger partial charge in [-0.05, 0) is 66.6 Å². The number of morpholine rings is 1. The summed E-state index contributed by atoms with van der Waals surface area (Å²) in [6.07, 6.45) is 10.6. The Hall–Kier alpha value is -4.74. The molecule has 11 nitrogen and oxygen atoms in total. The molecule has 232 valence electrons. The Labute approximate surface area is 260 Å². The summed E-state index contributed by atoms with van der Waals surface area (Å²) in [7, 11) is 1.68. The first-order valence-electron chi connectivity index (χ1n) is 15.3. The van der Waals surface area contributed by atoms with E-state index in [9.17, 15) is 14.7 Å². The molecule has 1 fully saturated rings. The highest BCUT2D eigenvalue weighted by molar-refractivity contribution is 5.73. The van der Waals surface area contributed by atoms with Gasteiger partial charge in [0.25, 0.3) is 11.1 Å². The standard InChI is InChI=1S/C34H37N7O4/c1-21-20-45-12-11-39(21)24-5-6-30(36-17-24)37-27-13-23(18-38(4)32(27)43)25-7-8-35-31(26(25)19-42)41-10-9-40-28(33(41)44)14-22-15-34(2,3)16-29(22)40/h5-10,13-14,17-18,21,42H,11-12,15-16,19-20H2,1-4H3,(H,36,37)/t21-/m0/s1. The first-order chi connectivity index (χ1) is 21.6. The third-order valence-electron chi connectivity index (χ3n) is 8.97. The second-order valence-electron chi connectivity index (χ2n) is 12.9. The first-order valence-corrected chi connectivity index (χ1v) is 15.3. The summed E-state index contributed by atoms with van der Waals surface area (Å²) < 4.78 is 10.5. The molecule has 6 heterocycles. The normalized spacial score (nSPS) is 17.5. The van der Waals surface area contributed by atoms with E-state index in [4.69, 9.17) is 4.74 Å². The maximum absolute atomic E-state index is 13.8. The fourth-order valence-electron chi connectivity index (χ4n) is 6.77. The van der Waals surface area contributed by atoms with Crippen LogP contribution in [0, 0.1) is 5.41 Å². The Balaban J connectivity index is 1.24. The van der Waals surface area contributed by atoms with Gasteiger partial charge in [-0.1, -0.05) is 13.8 Å². The van der Waals surface area contributed by atoms with Gasteiger partial charge in [0.05, 0.1) is 31.7 Å². The zero-order chi connectivity index (χ0) is 31.5. The zero-order valence-corrected chi connectivity index (χ0v) is 25.9. The molecule has 11 heteroatoms. The van der Waals surface area contributed by atoms with Crippen molar-refractivity contribution in [3.8, 4) is 16.9 Å². The van der Waals surface area contributed by atoms with Crippen molar-refractivity contribution < 1.29 is 9.84 Å². The van der Waals surface area contributed by atoms with Crippen molar-refractivity contribution in [3.05, 3.63) is 98.8 Å². The average Bonchev–Trinajstić information content (AvgIpc) is 3.52. The highest BCUT2D eigenvalue weighted by Gasteiger charge is 2.32. The summed E-state index contributed by atoms with van der Waals surface area (Å²) >= 11 is 0. The summed E-state index contributed by atoms with van der Waals surface area (Å²) in [5, 5.41) is 13.8. The number of hydrogen-bond acceptors (Lipinski definition) is 8. The summed E-state index contributed by atoms with van der Waals surface area (Å²) in [6, 6.07) is 9.61. The molecule has 0 saturated carbocycles. The molecule has 0 radical (unpaired) electrons. The van der Waals surface area contributed by atoms with E-state index in [-0.39, 0.29) is 29.2 Å². The molecule has 5 aromatic heterocycles. The highest BCUT2D eigenvalue weighted by atomic mass is 16.5. The molecule has 0 bridgehead atoms. The van der Waals surface area contributed by atoms with Crippen LogP contribution in [0.3, 0.4) is 0 Å². The van der Waals surface area contributed by atoms with Crippen molar-refractivity contribution >= 4 is 22.7 Å². The van der Waals surface area contributed by atoms with Gasteiger partial charge < -0.3 is 29.0 Å². The van der Waals surface area contributed by atoms with Crippen LogP contribution in [0.4, 0.5) is 17.2 Å². The van der Waals surface area contributed by atoms with Gasteiger partial charge in [-0.2, -0.15) is 0 Å². The third-order valence-corrected chi connectivity index (χ3v) is 8.97. The van der Waals surface area contributed by atoms with Gasteiger partial charge >= 0.3 is 0 Å². The number of pyridine rings is 3. The molecule has 45 heavy (non-hydrogen) atoms. The van der Waals surface area contributed by atoms with Crippen LogP contribution in [-0.2, 0) is 31.2 Å². The van der Waals surface area contributed by atoms with Crippen LogP contribution in [0.1, 0.15) is 37.6 Å². The van der Waals surface area contributed by atoms with Crippen molar-refractivity contribution in [2.45, 2.75) is 46.3 Å². The Bertz CT molecular complexity index is 2040. The molecule has 1 saturated heterocycles. The number of nitrogens with zero attached hydrogens (tertiary/aromatic N) is 6. The number of aromatic nitrogens is 5. The van der Waals surface area contributed by atoms with Crippen molar-refractivity contribution in [2.75, 3.05) is 30.0 Å². The summed E-state index contributed by atoms with van der Waals surface area (Å²) in [6.45, 7) is 8.39. The number of aliphatic hydroxyl groups is 1. The predicted molar refractivity (Wildman–Crippen MR) is 174 cm³/mol. The first kappa shape index (κ1) is 29.0. The number of aliphatic hydroxyl groups excluding tert-OH is 1. The van der Waals surface area contributed by atoms with E-state index in [0.717, 1.165) is 25.1 Å². The van der Waals surface area contributed by atoms with Crippen molar-refractivity contribution in [1.82, 2.24) is 23.5 Å². The Kier molecular flexibility index (Phi) is 7.09. The molecule has 1 aliphatic heterocycles. The molecule has 7 rings (SSSR count). The van der Waals surface area contributed by atoms with Crippen LogP contribution in [0.15, 0.2) is 70.9 Å². The molecule has 1 atom stereocenters. The van der Waals surface area contributed by atoms with E-state index in [1.165, 1.54) is 20.4 Å². The lowest BCUT2D eigenvalue weighted by Crippen LogP contribution is -2.43. The van der Waals surface area contributed by atoms with Crippen molar-refractivity contribution in [1.29, 1.82) is 0 Å². The van der Waals surface area contributed by atoms with E-state index in [0.29, 0.717) is 52.7 Å². The van der Waals surface area contributed by atoms with Gasteiger partial charge in [0.15, 0.2) is 0 Å². The van der Waals surface area contributed by atoms with Gasteiger partial charge in [-0.25, -0.2) is 9.97 Å². The maximum Gasteiger partial charge on any atom is 0.280 e. The number of hydrogen-bond donors (Lipinski definition) is 2. The number of ether oxygens (including phenoxy) is 1. The van der Waals surface area contributed by atoms with Gasteiger partial charge in [-0.15, -0.1) is 0 Å². The second-order valence-corrected chi connectivity index (χ2v) is 12.9. The predicted octanol–water partition coefficient (Wildman–Crippen LogP) is 3.83. The lowest BCUT2D eigenvalue weighted by molar-refractivity contribution is 0.0989. The second kappa shape index (κ2) is 11.0. The monoisotopic (exact) mass is 607 g/mol. The maximum atomic E-state index is 13.8. The highest BCUT2D eigenvalue weighted by Crippen LogP contribution is 2.37. The molecule has 1 aliphatic carbocycles. The quantitative estimate of drug-likeness (QED) is 0.299. The van der Waals surface area contributed by atoms with Crippen LogP contribution in [0.5, 0.6) is 0 Å².